The third kappa shape index (κ3) is 6.08. The van der Waals surface area contributed by atoms with Crippen LogP contribution in [0.4, 0.5) is 4.79 Å². The molecule has 0 fully saturated rings. The van der Waals surface area contributed by atoms with Gasteiger partial charge in [-0.1, -0.05) is 0 Å². The van der Waals surface area contributed by atoms with Crippen molar-refractivity contribution < 1.29 is 24.5 Å². The van der Waals surface area contributed by atoms with Crippen LogP contribution in [-0.4, -0.2) is 66.6 Å². The maximum atomic E-state index is 11.6. The third-order valence-electron chi connectivity index (χ3n) is 2.22. The summed E-state index contributed by atoms with van der Waals surface area (Å²) < 4.78 is 4.84. The zero-order valence-corrected chi connectivity index (χ0v) is 10.3. The van der Waals surface area contributed by atoms with Gasteiger partial charge in [0.25, 0.3) is 0 Å². The second kappa shape index (κ2) is 7.86. The van der Waals surface area contributed by atoms with Crippen LogP contribution in [0.1, 0.15) is 13.3 Å². The van der Waals surface area contributed by atoms with E-state index in [1.54, 1.807) is 14.2 Å². The van der Waals surface area contributed by atoms with Gasteiger partial charge in [-0.3, -0.25) is 0 Å². The van der Waals surface area contributed by atoms with Gasteiger partial charge in [0.1, 0.15) is 0 Å². The molecular formula is C10H20N2O5. The second-order valence-corrected chi connectivity index (χ2v) is 3.77. The van der Waals surface area contributed by atoms with E-state index in [0.717, 1.165) is 0 Å². The molecule has 2 amide bonds. The average Bonchev–Trinajstić information content (AvgIpc) is 2.24. The molecule has 0 aromatic carbocycles. The van der Waals surface area contributed by atoms with Crippen LogP contribution < -0.4 is 5.32 Å². The SMILES string of the molecule is COCCCN(C)C(=O)NC(C(=O)O)C(C)O. The Labute approximate surface area is 100 Å². The summed E-state index contributed by atoms with van der Waals surface area (Å²) in [6.45, 7) is 2.28. The van der Waals surface area contributed by atoms with E-state index in [1.807, 2.05) is 0 Å². The first-order valence-corrected chi connectivity index (χ1v) is 5.31. The quantitative estimate of drug-likeness (QED) is 0.527. The van der Waals surface area contributed by atoms with Gasteiger partial charge in [-0.15, -0.1) is 0 Å². The van der Waals surface area contributed by atoms with Crippen molar-refractivity contribution in [3.05, 3.63) is 0 Å². The van der Waals surface area contributed by atoms with Crippen molar-refractivity contribution >= 4 is 12.0 Å². The summed E-state index contributed by atoms with van der Waals surface area (Å²) in [5.74, 6) is -1.27. The van der Waals surface area contributed by atoms with Gasteiger partial charge in [0, 0.05) is 27.3 Å². The molecule has 0 aromatic heterocycles. The second-order valence-electron chi connectivity index (χ2n) is 3.77. The Morgan fingerprint density at radius 2 is 2.06 bits per heavy atom. The van der Waals surface area contributed by atoms with E-state index in [0.29, 0.717) is 19.6 Å². The van der Waals surface area contributed by atoms with Crippen LogP contribution in [0.2, 0.25) is 0 Å². The molecule has 0 aromatic rings. The van der Waals surface area contributed by atoms with E-state index >= 15 is 0 Å². The average molecular weight is 248 g/mol. The first-order chi connectivity index (χ1) is 7.90. The molecule has 0 radical (unpaired) electrons. The van der Waals surface area contributed by atoms with E-state index in [9.17, 15) is 14.7 Å². The number of aliphatic carboxylic acids is 1. The summed E-state index contributed by atoms with van der Waals surface area (Å²) >= 11 is 0. The van der Waals surface area contributed by atoms with Crippen LogP contribution >= 0.6 is 0 Å². The standard InChI is InChI=1S/C10H20N2O5/c1-7(13)8(9(14)15)11-10(16)12(2)5-4-6-17-3/h7-8,13H,4-6H2,1-3H3,(H,11,16)(H,14,15). The molecule has 2 unspecified atom stereocenters. The molecule has 7 heteroatoms. The van der Waals surface area contributed by atoms with Crippen molar-refractivity contribution in [2.24, 2.45) is 0 Å². The van der Waals surface area contributed by atoms with Crippen LogP contribution in [-0.2, 0) is 9.53 Å². The molecule has 0 heterocycles. The summed E-state index contributed by atoms with van der Waals surface area (Å²) in [6, 6.07) is -1.83. The molecular weight excluding hydrogens is 228 g/mol. The lowest BCUT2D eigenvalue weighted by Gasteiger charge is -2.22. The number of amides is 2. The number of aliphatic hydroxyl groups excluding tert-OH is 1. The highest BCUT2D eigenvalue weighted by Gasteiger charge is 2.25. The Balaban J connectivity index is 4.16. The lowest BCUT2D eigenvalue weighted by atomic mass is 10.2. The highest BCUT2D eigenvalue weighted by atomic mass is 16.5. The van der Waals surface area contributed by atoms with Crippen molar-refractivity contribution in [2.45, 2.75) is 25.5 Å². The molecule has 0 saturated heterocycles. The van der Waals surface area contributed by atoms with Gasteiger partial charge in [-0.25, -0.2) is 9.59 Å². The molecule has 7 nitrogen and oxygen atoms in total. The van der Waals surface area contributed by atoms with Gasteiger partial charge in [-0.2, -0.15) is 0 Å². The van der Waals surface area contributed by atoms with Crippen LogP contribution in [0.5, 0.6) is 0 Å². The molecule has 0 bridgehead atoms. The van der Waals surface area contributed by atoms with Gasteiger partial charge in [-0.05, 0) is 13.3 Å². The van der Waals surface area contributed by atoms with Gasteiger partial charge >= 0.3 is 12.0 Å². The molecule has 0 rings (SSSR count). The first kappa shape index (κ1) is 15.7. The van der Waals surface area contributed by atoms with E-state index < -0.39 is 24.1 Å². The van der Waals surface area contributed by atoms with E-state index in [2.05, 4.69) is 5.32 Å². The zero-order valence-electron chi connectivity index (χ0n) is 10.3. The van der Waals surface area contributed by atoms with Crippen LogP contribution in [0.25, 0.3) is 0 Å². The number of carbonyl (C=O) groups is 2. The van der Waals surface area contributed by atoms with Crippen molar-refractivity contribution in [3.8, 4) is 0 Å². The minimum absolute atomic E-state index is 0.450. The first-order valence-electron chi connectivity index (χ1n) is 5.31. The van der Waals surface area contributed by atoms with Crippen LogP contribution in [0, 0.1) is 0 Å². The predicted molar refractivity (Wildman–Crippen MR) is 60.8 cm³/mol. The van der Waals surface area contributed by atoms with Gasteiger partial charge in [0.2, 0.25) is 0 Å². The van der Waals surface area contributed by atoms with Crippen molar-refractivity contribution in [1.29, 1.82) is 0 Å². The highest BCUT2D eigenvalue weighted by molar-refractivity contribution is 5.82. The molecule has 0 spiro atoms. The summed E-state index contributed by atoms with van der Waals surface area (Å²) in [7, 11) is 3.11. The highest BCUT2D eigenvalue weighted by Crippen LogP contribution is 1.96. The lowest BCUT2D eigenvalue weighted by Crippen LogP contribution is -2.51. The number of ether oxygens (including phenoxy) is 1. The Morgan fingerprint density at radius 3 is 2.47 bits per heavy atom. The number of hydrogen-bond donors (Lipinski definition) is 3. The fraction of sp³-hybridized carbons (Fsp3) is 0.800. The number of urea groups is 1. The Bertz CT molecular complexity index is 257. The number of carbonyl (C=O) groups excluding carboxylic acids is 1. The maximum Gasteiger partial charge on any atom is 0.328 e. The molecule has 0 saturated carbocycles. The minimum atomic E-state index is -1.30. The van der Waals surface area contributed by atoms with Gasteiger partial charge in [0.05, 0.1) is 6.10 Å². The molecule has 3 N–H and O–H groups in total. The number of aliphatic hydroxyl groups is 1. The summed E-state index contributed by atoms with van der Waals surface area (Å²) in [4.78, 5) is 23.6. The number of methoxy groups -OCH3 is 1. The molecule has 2 atom stereocenters. The monoisotopic (exact) mass is 248 g/mol. The maximum absolute atomic E-state index is 11.6. The molecule has 17 heavy (non-hydrogen) atoms. The predicted octanol–water partition coefficient (Wildman–Crippen LogP) is -0.502. The molecule has 0 aliphatic heterocycles. The van der Waals surface area contributed by atoms with Crippen LogP contribution in [0.15, 0.2) is 0 Å². The fourth-order valence-corrected chi connectivity index (χ4v) is 1.18. The van der Waals surface area contributed by atoms with Crippen molar-refractivity contribution in [1.82, 2.24) is 10.2 Å². The Kier molecular flexibility index (Phi) is 7.24. The summed E-state index contributed by atoms with van der Waals surface area (Å²) in [5.41, 5.74) is 0. The normalized spacial score (nSPS) is 13.9. The smallest absolute Gasteiger partial charge is 0.328 e. The van der Waals surface area contributed by atoms with Crippen LogP contribution in [0.3, 0.4) is 0 Å². The molecule has 100 valence electrons. The van der Waals surface area contributed by atoms with E-state index in [4.69, 9.17) is 9.84 Å². The Morgan fingerprint density at radius 1 is 1.47 bits per heavy atom. The van der Waals surface area contributed by atoms with Crippen molar-refractivity contribution in [2.75, 3.05) is 27.3 Å². The summed E-state index contributed by atoms with van der Waals surface area (Å²) in [6.07, 6.45) is -0.490. The van der Waals surface area contributed by atoms with Gasteiger partial charge in [0.15, 0.2) is 6.04 Å². The lowest BCUT2D eigenvalue weighted by molar-refractivity contribution is -0.141. The number of hydrogen-bond acceptors (Lipinski definition) is 4. The molecule has 0 aliphatic rings. The number of nitrogens with one attached hydrogen (secondary N) is 1. The minimum Gasteiger partial charge on any atom is -0.480 e. The zero-order chi connectivity index (χ0) is 13.4. The number of rotatable bonds is 7. The van der Waals surface area contributed by atoms with E-state index in [1.165, 1.54) is 11.8 Å². The van der Waals surface area contributed by atoms with Crippen molar-refractivity contribution in [3.63, 3.8) is 0 Å². The van der Waals surface area contributed by atoms with Gasteiger partial charge < -0.3 is 25.2 Å². The largest absolute Gasteiger partial charge is 0.480 e. The topological polar surface area (TPSA) is 99.1 Å². The number of carboxylic acids is 1. The fourth-order valence-electron chi connectivity index (χ4n) is 1.18. The number of carboxylic acid groups (broad SMARTS) is 1. The molecule has 0 aliphatic carbocycles. The third-order valence-corrected chi connectivity index (χ3v) is 2.22. The van der Waals surface area contributed by atoms with E-state index in [-0.39, 0.29) is 0 Å². The Hall–Kier alpha value is -1.34. The summed E-state index contributed by atoms with van der Waals surface area (Å²) in [5, 5.41) is 20.2. The number of nitrogens with zero attached hydrogens (tertiary/aromatic N) is 1.